The van der Waals surface area contributed by atoms with Crippen LogP contribution >= 0.6 is 24.0 Å². The molecule has 1 aromatic rings. The predicted molar refractivity (Wildman–Crippen MR) is 117 cm³/mol. The van der Waals surface area contributed by atoms with Gasteiger partial charge in [0.1, 0.15) is 0 Å². The first-order chi connectivity index (χ1) is 11.7. The van der Waals surface area contributed by atoms with E-state index < -0.39 is 0 Å². The lowest BCUT2D eigenvalue weighted by atomic mass is 10.3. The van der Waals surface area contributed by atoms with Gasteiger partial charge in [-0.2, -0.15) is 0 Å². The third kappa shape index (κ3) is 8.62. The predicted octanol–water partition coefficient (Wildman–Crippen LogP) is 3.43. The fourth-order valence-electron chi connectivity index (χ4n) is 2.41. The van der Waals surface area contributed by atoms with Crippen LogP contribution in [-0.4, -0.2) is 57.8 Å². The molecule has 6 nitrogen and oxygen atoms in total. The highest BCUT2D eigenvalue weighted by Crippen LogP contribution is 2.29. The maximum Gasteiger partial charge on any atom is 0.195 e. The minimum absolute atomic E-state index is 0. The Hall–Kier alpha value is -1.22. The van der Waals surface area contributed by atoms with Gasteiger partial charge in [0.2, 0.25) is 0 Å². The van der Waals surface area contributed by atoms with E-state index in [4.69, 9.17) is 9.47 Å². The van der Waals surface area contributed by atoms with Crippen molar-refractivity contribution in [3.8, 4) is 11.5 Å². The Bertz CT molecular complexity index is 512. The van der Waals surface area contributed by atoms with E-state index in [0.717, 1.165) is 44.4 Å². The third-order valence-electron chi connectivity index (χ3n) is 3.66. The van der Waals surface area contributed by atoms with Crippen molar-refractivity contribution in [2.75, 3.05) is 52.3 Å². The van der Waals surface area contributed by atoms with Crippen molar-refractivity contribution in [3.05, 3.63) is 18.2 Å². The smallest absolute Gasteiger partial charge is 0.195 e. The summed E-state index contributed by atoms with van der Waals surface area (Å²) in [5.74, 6) is 2.18. The summed E-state index contributed by atoms with van der Waals surface area (Å²) in [7, 11) is 3.26. The fourth-order valence-corrected chi connectivity index (χ4v) is 2.41. The first-order valence-corrected chi connectivity index (χ1v) is 8.68. The summed E-state index contributed by atoms with van der Waals surface area (Å²) >= 11 is 0. The van der Waals surface area contributed by atoms with Crippen molar-refractivity contribution in [1.29, 1.82) is 0 Å². The topological polar surface area (TPSA) is 58.1 Å². The van der Waals surface area contributed by atoms with E-state index in [-0.39, 0.29) is 24.0 Å². The zero-order valence-corrected chi connectivity index (χ0v) is 18.4. The summed E-state index contributed by atoms with van der Waals surface area (Å²) in [5, 5.41) is 6.58. The summed E-state index contributed by atoms with van der Waals surface area (Å²) in [6.45, 7) is 11.2. The molecule has 0 aliphatic carbocycles. The molecule has 0 fully saturated rings. The van der Waals surface area contributed by atoms with E-state index in [1.165, 1.54) is 6.42 Å². The Kier molecular flexibility index (Phi) is 13.3. The second kappa shape index (κ2) is 14.0. The van der Waals surface area contributed by atoms with Crippen LogP contribution in [0.2, 0.25) is 0 Å². The van der Waals surface area contributed by atoms with Crippen molar-refractivity contribution in [1.82, 2.24) is 10.2 Å². The number of ether oxygens (including phenoxy) is 2. The minimum atomic E-state index is 0. The molecule has 0 aliphatic heterocycles. The number of aliphatic imine (C=N–C) groups is 1. The van der Waals surface area contributed by atoms with Gasteiger partial charge in [-0.3, -0.25) is 4.99 Å². The molecular weight excluding hydrogens is 431 g/mol. The fraction of sp³-hybridized carbons (Fsp3) is 0.611. The van der Waals surface area contributed by atoms with Crippen LogP contribution in [0.25, 0.3) is 0 Å². The first kappa shape index (κ1) is 23.8. The monoisotopic (exact) mass is 464 g/mol. The van der Waals surface area contributed by atoms with Crippen LogP contribution in [0.5, 0.6) is 11.5 Å². The van der Waals surface area contributed by atoms with Crippen molar-refractivity contribution in [2.45, 2.75) is 27.2 Å². The molecule has 144 valence electrons. The number of halogens is 1. The maximum absolute atomic E-state index is 5.34. The Balaban J connectivity index is 0.00000576. The van der Waals surface area contributed by atoms with Gasteiger partial charge >= 0.3 is 0 Å². The normalized spacial score (nSPS) is 11.0. The summed E-state index contributed by atoms with van der Waals surface area (Å²) in [6.07, 6.45) is 1.17. The molecule has 0 saturated heterocycles. The van der Waals surface area contributed by atoms with Gasteiger partial charge in [0.25, 0.3) is 0 Å². The lowest BCUT2D eigenvalue weighted by Crippen LogP contribution is -2.32. The minimum Gasteiger partial charge on any atom is -0.493 e. The van der Waals surface area contributed by atoms with Gasteiger partial charge in [0.15, 0.2) is 17.5 Å². The number of hydrogen-bond acceptors (Lipinski definition) is 4. The SMILES string of the molecule is CCCN(CC)CCN=C(NCC)Nc1ccc(OC)c(OC)c1.I. The molecule has 25 heavy (non-hydrogen) atoms. The van der Waals surface area contributed by atoms with Crippen molar-refractivity contribution < 1.29 is 9.47 Å². The van der Waals surface area contributed by atoms with Gasteiger partial charge in [-0.1, -0.05) is 13.8 Å². The summed E-state index contributed by atoms with van der Waals surface area (Å²) < 4.78 is 10.6. The van der Waals surface area contributed by atoms with Crippen LogP contribution in [0.4, 0.5) is 5.69 Å². The van der Waals surface area contributed by atoms with Gasteiger partial charge < -0.3 is 25.0 Å². The van der Waals surface area contributed by atoms with E-state index in [2.05, 4.69) is 41.3 Å². The van der Waals surface area contributed by atoms with Crippen LogP contribution < -0.4 is 20.1 Å². The number of anilines is 1. The van der Waals surface area contributed by atoms with Crippen molar-refractivity contribution in [2.24, 2.45) is 4.99 Å². The van der Waals surface area contributed by atoms with Gasteiger partial charge in [-0.05, 0) is 38.6 Å². The average Bonchev–Trinajstić information content (AvgIpc) is 2.60. The number of hydrogen-bond donors (Lipinski definition) is 2. The molecule has 0 saturated carbocycles. The molecule has 0 spiro atoms. The van der Waals surface area contributed by atoms with E-state index in [9.17, 15) is 0 Å². The number of rotatable bonds is 10. The zero-order valence-electron chi connectivity index (χ0n) is 16.1. The van der Waals surface area contributed by atoms with E-state index >= 15 is 0 Å². The molecule has 0 unspecified atom stereocenters. The molecular formula is C18H33IN4O2. The third-order valence-corrected chi connectivity index (χ3v) is 3.66. The Morgan fingerprint density at radius 3 is 2.36 bits per heavy atom. The molecule has 0 heterocycles. The van der Waals surface area contributed by atoms with Crippen molar-refractivity contribution in [3.63, 3.8) is 0 Å². The highest BCUT2D eigenvalue weighted by Gasteiger charge is 2.06. The Morgan fingerprint density at radius 2 is 1.80 bits per heavy atom. The average molecular weight is 464 g/mol. The maximum atomic E-state index is 5.34. The summed E-state index contributed by atoms with van der Waals surface area (Å²) in [6, 6.07) is 5.73. The van der Waals surface area contributed by atoms with E-state index in [1.807, 2.05) is 18.2 Å². The van der Waals surface area contributed by atoms with Crippen LogP contribution in [0.15, 0.2) is 23.2 Å². The van der Waals surface area contributed by atoms with Gasteiger partial charge in [-0.15, -0.1) is 24.0 Å². The van der Waals surface area contributed by atoms with Crippen LogP contribution in [0, 0.1) is 0 Å². The number of likely N-dealkylation sites (N-methyl/N-ethyl adjacent to an activating group) is 1. The Labute approximate surface area is 169 Å². The molecule has 0 aromatic heterocycles. The molecule has 2 N–H and O–H groups in total. The van der Waals surface area contributed by atoms with Crippen LogP contribution in [0.3, 0.4) is 0 Å². The van der Waals surface area contributed by atoms with Gasteiger partial charge in [0.05, 0.1) is 20.8 Å². The molecule has 1 aromatic carbocycles. The largest absolute Gasteiger partial charge is 0.493 e. The Morgan fingerprint density at radius 1 is 1.08 bits per heavy atom. The van der Waals surface area contributed by atoms with Gasteiger partial charge in [-0.25, -0.2) is 0 Å². The van der Waals surface area contributed by atoms with Crippen LogP contribution in [0.1, 0.15) is 27.2 Å². The quantitative estimate of drug-likeness (QED) is 0.316. The lowest BCUT2D eigenvalue weighted by molar-refractivity contribution is 0.297. The molecule has 0 radical (unpaired) electrons. The molecule has 0 bridgehead atoms. The number of guanidine groups is 1. The molecule has 0 aliphatic rings. The van der Waals surface area contributed by atoms with E-state index in [1.54, 1.807) is 14.2 Å². The number of benzene rings is 1. The van der Waals surface area contributed by atoms with Gasteiger partial charge in [0, 0.05) is 24.8 Å². The number of nitrogens with one attached hydrogen (secondary N) is 2. The second-order valence-electron chi connectivity index (χ2n) is 5.39. The highest BCUT2D eigenvalue weighted by atomic mass is 127. The first-order valence-electron chi connectivity index (χ1n) is 8.68. The highest BCUT2D eigenvalue weighted by molar-refractivity contribution is 14.0. The molecule has 0 amide bonds. The standard InChI is InChI=1S/C18H32N4O2.HI/c1-6-12-22(8-3)13-11-20-18(19-7-2)21-15-9-10-16(23-4)17(14-15)24-5;/h9-10,14H,6-8,11-13H2,1-5H3,(H2,19,20,21);1H. The van der Waals surface area contributed by atoms with Crippen molar-refractivity contribution >= 4 is 35.6 Å². The van der Waals surface area contributed by atoms with E-state index in [0.29, 0.717) is 11.5 Å². The summed E-state index contributed by atoms with van der Waals surface area (Å²) in [5.41, 5.74) is 0.910. The van der Waals surface area contributed by atoms with Crippen LogP contribution in [-0.2, 0) is 0 Å². The number of methoxy groups -OCH3 is 2. The zero-order chi connectivity index (χ0) is 17.8. The molecule has 1 rings (SSSR count). The molecule has 7 heteroatoms. The molecule has 0 atom stereocenters. The lowest BCUT2D eigenvalue weighted by Gasteiger charge is -2.19. The second-order valence-corrected chi connectivity index (χ2v) is 5.39. The number of nitrogens with zero attached hydrogens (tertiary/aromatic N) is 2. The summed E-state index contributed by atoms with van der Waals surface area (Å²) in [4.78, 5) is 7.06.